The fraction of sp³-hybridized carbons (Fsp3) is 0.444. The zero-order valence-electron chi connectivity index (χ0n) is 8.00. The fourth-order valence-corrected chi connectivity index (χ4v) is 1.71. The molecule has 1 amide bonds. The number of hydrogen-bond acceptors (Lipinski definition) is 5. The normalized spacial score (nSPS) is 30.6. The van der Waals surface area contributed by atoms with E-state index in [1.165, 1.54) is 12.0 Å². The first-order valence-corrected chi connectivity index (χ1v) is 4.40. The highest BCUT2D eigenvalue weighted by Crippen LogP contribution is 2.36. The Kier molecular flexibility index (Phi) is 2.18. The van der Waals surface area contributed by atoms with E-state index in [4.69, 9.17) is 4.74 Å². The molecule has 0 aliphatic carbocycles. The van der Waals surface area contributed by atoms with Crippen molar-refractivity contribution in [2.45, 2.75) is 18.7 Å². The van der Waals surface area contributed by atoms with Crippen LogP contribution in [-0.4, -0.2) is 42.4 Å². The van der Waals surface area contributed by atoms with Crippen LogP contribution in [0, 0.1) is 0 Å². The summed E-state index contributed by atoms with van der Waals surface area (Å²) >= 11 is 0. The molecule has 15 heavy (non-hydrogen) atoms. The molecule has 2 aliphatic heterocycles. The first kappa shape index (κ1) is 9.70. The van der Waals surface area contributed by atoms with Gasteiger partial charge in [0.05, 0.1) is 13.5 Å². The molecule has 0 aromatic carbocycles. The fourth-order valence-electron chi connectivity index (χ4n) is 1.71. The molecule has 2 aliphatic rings. The molecule has 0 aromatic rings. The largest absolute Gasteiger partial charge is 0.471 e. The Morgan fingerprint density at radius 3 is 2.93 bits per heavy atom. The van der Waals surface area contributed by atoms with Gasteiger partial charge >= 0.3 is 5.97 Å². The number of carbonyl (C=O) groups is 3. The van der Waals surface area contributed by atoms with Crippen molar-refractivity contribution in [3.8, 4) is 0 Å². The molecule has 2 rings (SSSR count). The van der Waals surface area contributed by atoms with E-state index in [2.05, 4.69) is 4.74 Å². The number of allylic oxidation sites excluding steroid dienone is 1. The van der Waals surface area contributed by atoms with Crippen LogP contribution in [0.25, 0.3) is 0 Å². The molecule has 2 fully saturated rings. The van der Waals surface area contributed by atoms with Gasteiger partial charge in [-0.3, -0.25) is 14.5 Å². The summed E-state index contributed by atoms with van der Waals surface area (Å²) in [5.41, 5.74) is 0. The van der Waals surface area contributed by atoms with Crippen molar-refractivity contribution >= 4 is 18.2 Å². The quantitative estimate of drug-likeness (QED) is 0.259. The van der Waals surface area contributed by atoms with E-state index in [0.29, 0.717) is 6.29 Å². The standard InChI is InChI=1S/C9H9NO5/c1-14-9(13)8-5(2-3-11)15-7-4-6(12)10(7)8/h2-3,7-8H,4H2,1H3. The summed E-state index contributed by atoms with van der Waals surface area (Å²) in [5.74, 6) is -0.601. The molecule has 2 heterocycles. The minimum absolute atomic E-state index is 0.174. The highest BCUT2D eigenvalue weighted by atomic mass is 16.6. The summed E-state index contributed by atoms with van der Waals surface area (Å²) in [4.78, 5) is 34.2. The summed E-state index contributed by atoms with van der Waals surface area (Å²) < 4.78 is 9.78. The van der Waals surface area contributed by atoms with Crippen LogP contribution in [-0.2, 0) is 23.9 Å². The van der Waals surface area contributed by atoms with Crippen LogP contribution >= 0.6 is 0 Å². The summed E-state index contributed by atoms with van der Waals surface area (Å²) in [7, 11) is 1.22. The number of nitrogens with zero attached hydrogens (tertiary/aromatic N) is 1. The van der Waals surface area contributed by atoms with E-state index in [1.54, 1.807) is 0 Å². The lowest BCUT2D eigenvalue weighted by Gasteiger charge is -2.33. The van der Waals surface area contributed by atoms with E-state index in [-0.39, 0.29) is 18.1 Å². The lowest BCUT2D eigenvalue weighted by Crippen LogP contribution is -2.55. The number of hydrogen-bond donors (Lipinski definition) is 0. The van der Waals surface area contributed by atoms with Gasteiger partial charge in [-0.2, -0.15) is 0 Å². The van der Waals surface area contributed by atoms with Gasteiger partial charge in [0.1, 0.15) is 12.0 Å². The summed E-state index contributed by atoms with van der Waals surface area (Å²) in [6.45, 7) is 0. The topological polar surface area (TPSA) is 72.9 Å². The summed E-state index contributed by atoms with van der Waals surface area (Å²) in [5, 5.41) is 0. The van der Waals surface area contributed by atoms with Crippen molar-refractivity contribution in [3.05, 3.63) is 11.8 Å². The number of amides is 1. The summed E-state index contributed by atoms with van der Waals surface area (Å²) in [6.07, 6.45) is 1.46. The minimum Gasteiger partial charge on any atom is -0.471 e. The molecule has 0 saturated carbocycles. The lowest BCUT2D eigenvalue weighted by molar-refractivity contribution is -0.164. The van der Waals surface area contributed by atoms with Gasteiger partial charge < -0.3 is 9.47 Å². The van der Waals surface area contributed by atoms with Gasteiger partial charge in [0.2, 0.25) is 5.91 Å². The molecule has 0 spiro atoms. The van der Waals surface area contributed by atoms with E-state index in [1.807, 2.05) is 0 Å². The van der Waals surface area contributed by atoms with Crippen molar-refractivity contribution in [2.75, 3.05) is 7.11 Å². The molecule has 2 unspecified atom stereocenters. The highest BCUT2D eigenvalue weighted by Gasteiger charge is 2.54. The molecule has 6 nitrogen and oxygen atoms in total. The minimum atomic E-state index is -0.897. The van der Waals surface area contributed by atoms with Crippen LogP contribution in [0.1, 0.15) is 6.42 Å². The van der Waals surface area contributed by atoms with Crippen molar-refractivity contribution in [2.24, 2.45) is 0 Å². The third-order valence-corrected chi connectivity index (χ3v) is 2.42. The number of aldehydes is 1. The average molecular weight is 211 g/mol. The smallest absolute Gasteiger partial charge is 0.336 e. The second kappa shape index (κ2) is 3.38. The zero-order chi connectivity index (χ0) is 11.0. The summed E-state index contributed by atoms with van der Waals surface area (Å²) in [6, 6.07) is -0.897. The Morgan fingerprint density at radius 2 is 2.40 bits per heavy atom. The van der Waals surface area contributed by atoms with Gasteiger partial charge in [-0.25, -0.2) is 4.79 Å². The van der Waals surface area contributed by atoms with Crippen molar-refractivity contribution in [1.29, 1.82) is 0 Å². The molecule has 2 saturated heterocycles. The van der Waals surface area contributed by atoms with Crippen LogP contribution in [0.15, 0.2) is 11.8 Å². The predicted molar refractivity (Wildman–Crippen MR) is 46.3 cm³/mol. The Hall–Kier alpha value is -1.85. The van der Waals surface area contributed by atoms with Gasteiger partial charge in [0, 0.05) is 6.08 Å². The van der Waals surface area contributed by atoms with Gasteiger partial charge in [0.25, 0.3) is 0 Å². The number of β-lactam (4-membered cyclic amide) rings is 1. The first-order chi connectivity index (χ1) is 7.19. The maximum absolute atomic E-state index is 11.4. The van der Waals surface area contributed by atoms with Crippen LogP contribution < -0.4 is 0 Å². The monoisotopic (exact) mass is 211 g/mol. The van der Waals surface area contributed by atoms with Gasteiger partial charge in [0.15, 0.2) is 12.3 Å². The van der Waals surface area contributed by atoms with Gasteiger partial charge in [-0.1, -0.05) is 0 Å². The maximum Gasteiger partial charge on any atom is 0.336 e. The van der Waals surface area contributed by atoms with Crippen LogP contribution in [0.4, 0.5) is 0 Å². The predicted octanol–water partition coefficient (Wildman–Crippen LogP) is -0.801. The lowest BCUT2D eigenvalue weighted by atomic mass is 10.1. The molecule has 6 heteroatoms. The number of carbonyl (C=O) groups excluding carboxylic acids is 3. The molecule has 80 valence electrons. The molecule has 0 bridgehead atoms. The number of fused-ring (bicyclic) bond motifs is 1. The second-order valence-electron chi connectivity index (χ2n) is 3.21. The van der Waals surface area contributed by atoms with Crippen LogP contribution in [0.2, 0.25) is 0 Å². The Labute approximate surface area is 85.4 Å². The number of methoxy groups -OCH3 is 1. The second-order valence-corrected chi connectivity index (χ2v) is 3.21. The van der Waals surface area contributed by atoms with Gasteiger partial charge in [-0.05, 0) is 0 Å². The molecular formula is C9H9NO5. The van der Waals surface area contributed by atoms with E-state index < -0.39 is 18.2 Å². The third kappa shape index (κ3) is 1.29. The van der Waals surface area contributed by atoms with Crippen molar-refractivity contribution in [1.82, 2.24) is 4.90 Å². The third-order valence-electron chi connectivity index (χ3n) is 2.42. The molecule has 2 atom stereocenters. The SMILES string of the molecule is COC(=O)C1C(=CC=O)OC2CC(=O)N21. The number of esters is 1. The van der Waals surface area contributed by atoms with Crippen molar-refractivity contribution in [3.63, 3.8) is 0 Å². The average Bonchev–Trinajstić information content (AvgIpc) is 2.50. The number of rotatable bonds is 2. The van der Waals surface area contributed by atoms with E-state index >= 15 is 0 Å². The van der Waals surface area contributed by atoms with Crippen LogP contribution in [0.5, 0.6) is 0 Å². The zero-order valence-corrected chi connectivity index (χ0v) is 8.00. The highest BCUT2D eigenvalue weighted by molar-refractivity contribution is 5.92. The Bertz CT molecular complexity index is 362. The molecular weight excluding hydrogens is 202 g/mol. The van der Waals surface area contributed by atoms with Crippen LogP contribution in [0.3, 0.4) is 0 Å². The molecule has 0 N–H and O–H groups in total. The van der Waals surface area contributed by atoms with Gasteiger partial charge in [-0.15, -0.1) is 0 Å². The first-order valence-electron chi connectivity index (χ1n) is 4.40. The maximum atomic E-state index is 11.4. The molecule has 0 aromatic heterocycles. The van der Waals surface area contributed by atoms with E-state index in [9.17, 15) is 14.4 Å². The Balaban J connectivity index is 2.28. The Morgan fingerprint density at radius 1 is 1.67 bits per heavy atom. The molecule has 0 radical (unpaired) electrons. The van der Waals surface area contributed by atoms with Crippen molar-refractivity contribution < 1.29 is 23.9 Å². The number of ether oxygens (including phenoxy) is 2. The van der Waals surface area contributed by atoms with E-state index in [0.717, 1.165) is 6.08 Å².